The second-order valence-electron chi connectivity index (χ2n) is 5.35. The zero-order chi connectivity index (χ0) is 14.6. The van der Waals surface area contributed by atoms with Crippen LogP contribution >= 0.6 is 0 Å². The number of aromatic hydroxyl groups is 1. The van der Waals surface area contributed by atoms with Crippen molar-refractivity contribution in [3.63, 3.8) is 0 Å². The molecule has 4 heteroatoms. The maximum atomic E-state index is 12.1. The van der Waals surface area contributed by atoms with Crippen LogP contribution in [0.2, 0.25) is 0 Å². The maximum absolute atomic E-state index is 12.1. The van der Waals surface area contributed by atoms with Crippen LogP contribution in [0.15, 0.2) is 18.2 Å². The van der Waals surface area contributed by atoms with Crippen molar-refractivity contribution in [2.75, 3.05) is 0 Å². The van der Waals surface area contributed by atoms with E-state index in [0.29, 0.717) is 6.42 Å². The molecule has 104 valence electrons. The van der Waals surface area contributed by atoms with E-state index < -0.39 is 17.4 Å². The van der Waals surface area contributed by atoms with Crippen molar-refractivity contribution in [2.45, 2.75) is 46.1 Å². The summed E-state index contributed by atoms with van der Waals surface area (Å²) < 4.78 is 5.10. The normalized spacial score (nSPS) is 11.2. The molecule has 0 unspecified atom stereocenters. The van der Waals surface area contributed by atoms with Crippen LogP contribution in [0.1, 0.15) is 50.0 Å². The van der Waals surface area contributed by atoms with Crippen LogP contribution in [0.3, 0.4) is 0 Å². The number of esters is 1. The molecule has 0 aliphatic rings. The van der Waals surface area contributed by atoms with E-state index in [1.54, 1.807) is 32.9 Å². The number of aryl methyl sites for hydroxylation is 1. The molecule has 0 aliphatic heterocycles. The molecule has 0 atom stereocenters. The minimum absolute atomic E-state index is 0.0899. The van der Waals surface area contributed by atoms with Crippen molar-refractivity contribution in [2.24, 2.45) is 0 Å². The fourth-order valence-electron chi connectivity index (χ4n) is 1.80. The largest absolute Gasteiger partial charge is 0.507 e. The summed E-state index contributed by atoms with van der Waals surface area (Å²) in [6.07, 6.45) is 0.256. The molecular formula is C15H20O4. The van der Waals surface area contributed by atoms with E-state index in [1.165, 1.54) is 6.07 Å². The summed E-state index contributed by atoms with van der Waals surface area (Å²) in [4.78, 5) is 23.7. The third-order valence-electron chi connectivity index (χ3n) is 2.51. The number of hydrogen-bond acceptors (Lipinski definition) is 4. The standard InChI is InChI=1S/C15H20O4/c1-5-10-7-6-8-11(16)14(10)12(17)9-13(18)19-15(2,3)4/h6-8,16H,5,9H2,1-4H3. The summed E-state index contributed by atoms with van der Waals surface area (Å²) in [6.45, 7) is 7.12. The van der Waals surface area contributed by atoms with E-state index in [1.807, 2.05) is 6.92 Å². The number of carbonyl (C=O) groups is 2. The predicted octanol–water partition coefficient (Wildman–Crippen LogP) is 2.87. The van der Waals surface area contributed by atoms with Gasteiger partial charge in [0.1, 0.15) is 17.8 Å². The molecule has 0 bridgehead atoms. The van der Waals surface area contributed by atoms with Crippen molar-refractivity contribution in [3.8, 4) is 5.75 Å². The number of Topliss-reactive ketones (excluding diaryl/α,β-unsaturated/α-hetero) is 1. The fourth-order valence-corrected chi connectivity index (χ4v) is 1.80. The lowest BCUT2D eigenvalue weighted by molar-refractivity contribution is -0.153. The molecular weight excluding hydrogens is 244 g/mol. The molecule has 0 aromatic heterocycles. The highest BCUT2D eigenvalue weighted by Crippen LogP contribution is 2.23. The van der Waals surface area contributed by atoms with Crippen molar-refractivity contribution < 1.29 is 19.4 Å². The third kappa shape index (κ3) is 4.39. The number of benzene rings is 1. The zero-order valence-electron chi connectivity index (χ0n) is 11.8. The van der Waals surface area contributed by atoms with E-state index in [2.05, 4.69) is 0 Å². The summed E-state index contributed by atoms with van der Waals surface area (Å²) in [5, 5.41) is 9.77. The first kappa shape index (κ1) is 15.2. The number of ether oxygens (including phenoxy) is 1. The molecule has 1 rings (SSSR count). The SMILES string of the molecule is CCc1cccc(O)c1C(=O)CC(=O)OC(C)(C)C. The molecule has 1 aromatic rings. The summed E-state index contributed by atoms with van der Waals surface area (Å²) in [5.41, 5.74) is 0.327. The molecule has 1 N–H and O–H groups in total. The minimum Gasteiger partial charge on any atom is -0.507 e. The van der Waals surface area contributed by atoms with Gasteiger partial charge in [-0.3, -0.25) is 9.59 Å². The quantitative estimate of drug-likeness (QED) is 0.516. The highest BCUT2D eigenvalue weighted by molar-refractivity contribution is 6.08. The molecule has 0 saturated carbocycles. The molecule has 0 spiro atoms. The fraction of sp³-hybridized carbons (Fsp3) is 0.467. The molecule has 0 radical (unpaired) electrons. The third-order valence-corrected chi connectivity index (χ3v) is 2.51. The predicted molar refractivity (Wildman–Crippen MR) is 72.3 cm³/mol. The van der Waals surface area contributed by atoms with Crippen LogP contribution in [-0.2, 0) is 16.0 Å². The van der Waals surface area contributed by atoms with Gasteiger partial charge in [-0.2, -0.15) is 0 Å². The number of carbonyl (C=O) groups excluding carboxylic acids is 2. The van der Waals surface area contributed by atoms with Gasteiger partial charge in [-0.1, -0.05) is 19.1 Å². The van der Waals surface area contributed by atoms with E-state index in [4.69, 9.17) is 4.74 Å². The topological polar surface area (TPSA) is 63.6 Å². The molecule has 1 aromatic carbocycles. The second-order valence-corrected chi connectivity index (χ2v) is 5.35. The van der Waals surface area contributed by atoms with Crippen molar-refractivity contribution in [3.05, 3.63) is 29.3 Å². The molecule has 0 fully saturated rings. The maximum Gasteiger partial charge on any atom is 0.314 e. The summed E-state index contributed by atoms with van der Waals surface area (Å²) in [5.74, 6) is -1.08. The molecule has 0 aliphatic carbocycles. The summed E-state index contributed by atoms with van der Waals surface area (Å²) >= 11 is 0. The smallest absolute Gasteiger partial charge is 0.314 e. The Balaban J connectivity index is 2.87. The number of rotatable bonds is 4. The van der Waals surface area contributed by atoms with Gasteiger partial charge in [0.05, 0.1) is 5.56 Å². The van der Waals surface area contributed by atoms with Crippen molar-refractivity contribution in [1.82, 2.24) is 0 Å². The van der Waals surface area contributed by atoms with Crippen molar-refractivity contribution in [1.29, 1.82) is 0 Å². The number of phenols is 1. The average molecular weight is 264 g/mol. The first-order valence-corrected chi connectivity index (χ1v) is 6.30. The van der Waals surface area contributed by atoms with E-state index in [-0.39, 0.29) is 17.7 Å². The van der Waals surface area contributed by atoms with Gasteiger partial charge >= 0.3 is 5.97 Å². The first-order valence-electron chi connectivity index (χ1n) is 6.30. The summed E-state index contributed by atoms with van der Waals surface area (Å²) in [7, 11) is 0. The lowest BCUT2D eigenvalue weighted by Gasteiger charge is -2.19. The Kier molecular flexibility index (Phi) is 4.70. The van der Waals surface area contributed by atoms with Gasteiger partial charge in [0.15, 0.2) is 5.78 Å². The van der Waals surface area contributed by atoms with Crippen molar-refractivity contribution >= 4 is 11.8 Å². The molecule has 0 saturated heterocycles. The average Bonchev–Trinajstić information content (AvgIpc) is 2.25. The minimum atomic E-state index is -0.621. The molecule has 0 amide bonds. The van der Waals surface area contributed by atoms with Gasteiger partial charge < -0.3 is 9.84 Å². The number of hydrogen-bond donors (Lipinski definition) is 1. The molecule has 4 nitrogen and oxygen atoms in total. The van der Waals surface area contributed by atoms with Gasteiger partial charge in [-0.25, -0.2) is 0 Å². The van der Waals surface area contributed by atoms with Crippen LogP contribution in [0.5, 0.6) is 5.75 Å². The van der Waals surface area contributed by atoms with E-state index in [0.717, 1.165) is 5.56 Å². The van der Waals surface area contributed by atoms with Gasteiger partial charge in [0, 0.05) is 0 Å². The van der Waals surface area contributed by atoms with Crippen LogP contribution in [0.25, 0.3) is 0 Å². The zero-order valence-corrected chi connectivity index (χ0v) is 11.8. The first-order chi connectivity index (χ1) is 8.74. The highest BCUT2D eigenvalue weighted by atomic mass is 16.6. The number of phenolic OH excluding ortho intramolecular Hbond substituents is 1. The Hall–Kier alpha value is -1.84. The number of ketones is 1. The molecule has 0 heterocycles. The Morgan fingerprint density at radius 3 is 2.42 bits per heavy atom. The van der Waals surface area contributed by atoms with Crippen LogP contribution in [0.4, 0.5) is 0 Å². The van der Waals surface area contributed by atoms with Gasteiger partial charge in [-0.05, 0) is 38.8 Å². The van der Waals surface area contributed by atoms with Crippen LogP contribution < -0.4 is 0 Å². The van der Waals surface area contributed by atoms with Gasteiger partial charge in [0.25, 0.3) is 0 Å². The second kappa shape index (κ2) is 5.87. The van der Waals surface area contributed by atoms with Crippen LogP contribution in [-0.4, -0.2) is 22.5 Å². The van der Waals surface area contributed by atoms with E-state index >= 15 is 0 Å². The van der Waals surface area contributed by atoms with E-state index in [9.17, 15) is 14.7 Å². The Morgan fingerprint density at radius 2 is 1.89 bits per heavy atom. The Bertz CT molecular complexity index is 483. The van der Waals surface area contributed by atoms with Crippen LogP contribution in [0, 0.1) is 0 Å². The Labute approximate surface area is 113 Å². The van der Waals surface area contributed by atoms with Gasteiger partial charge in [0.2, 0.25) is 0 Å². The lowest BCUT2D eigenvalue weighted by atomic mass is 9.98. The lowest BCUT2D eigenvalue weighted by Crippen LogP contribution is -2.25. The Morgan fingerprint density at radius 1 is 1.26 bits per heavy atom. The monoisotopic (exact) mass is 264 g/mol. The molecule has 19 heavy (non-hydrogen) atoms. The highest BCUT2D eigenvalue weighted by Gasteiger charge is 2.22. The summed E-state index contributed by atoms with van der Waals surface area (Å²) in [6, 6.07) is 4.89. The van der Waals surface area contributed by atoms with Gasteiger partial charge in [-0.15, -0.1) is 0 Å².